The van der Waals surface area contributed by atoms with Crippen LogP contribution in [0.4, 0.5) is 0 Å². The second-order valence-electron chi connectivity index (χ2n) is 7.84. The molecule has 1 N–H and O–H groups in total. The lowest BCUT2D eigenvalue weighted by Gasteiger charge is -2.12. The van der Waals surface area contributed by atoms with Gasteiger partial charge in [0.25, 0.3) is 0 Å². The van der Waals surface area contributed by atoms with Gasteiger partial charge in [-0.25, -0.2) is 4.98 Å². The van der Waals surface area contributed by atoms with Crippen LogP contribution in [-0.4, -0.2) is 70.8 Å². The van der Waals surface area contributed by atoms with Gasteiger partial charge in [-0.1, -0.05) is 12.7 Å². The summed E-state index contributed by atoms with van der Waals surface area (Å²) in [5, 5.41) is 3.35. The fourth-order valence-corrected chi connectivity index (χ4v) is 3.26. The molecule has 0 radical (unpaired) electrons. The van der Waals surface area contributed by atoms with E-state index in [0.29, 0.717) is 86.1 Å². The van der Waals surface area contributed by atoms with Crippen LogP contribution in [0, 0.1) is 20.8 Å². The summed E-state index contributed by atoms with van der Waals surface area (Å²) in [5.41, 5.74) is 2.92. The third kappa shape index (κ3) is 8.70. The van der Waals surface area contributed by atoms with Crippen LogP contribution >= 0.6 is 0 Å². The van der Waals surface area contributed by atoms with E-state index in [1.54, 1.807) is 39.2 Å². The summed E-state index contributed by atoms with van der Waals surface area (Å²) in [5.74, 6) is 0.252. The molecule has 0 unspecified atom stereocenters. The lowest BCUT2D eigenvalue weighted by molar-refractivity contribution is -0.120. The fourth-order valence-electron chi connectivity index (χ4n) is 3.26. The molecule has 2 aliphatic rings. The van der Waals surface area contributed by atoms with Crippen molar-refractivity contribution in [3.05, 3.63) is 50.3 Å². The number of aromatic nitrogens is 1. The molecule has 1 aliphatic heterocycles. The van der Waals surface area contributed by atoms with Gasteiger partial charge in [0.2, 0.25) is 5.91 Å². The lowest BCUT2D eigenvalue weighted by atomic mass is 9.99. The van der Waals surface area contributed by atoms with E-state index in [4.69, 9.17) is 23.4 Å². The zero-order chi connectivity index (χ0) is 25.6. The number of allylic oxidation sites excluding steroid dienone is 1. The van der Waals surface area contributed by atoms with Crippen molar-refractivity contribution in [2.75, 3.05) is 59.9 Å². The van der Waals surface area contributed by atoms with Crippen LogP contribution in [0.1, 0.15) is 23.1 Å². The second kappa shape index (κ2) is 15.2. The summed E-state index contributed by atoms with van der Waals surface area (Å²) in [6.07, 6.45) is 5.06. The van der Waals surface area contributed by atoms with Crippen molar-refractivity contribution in [3.8, 4) is 11.5 Å². The van der Waals surface area contributed by atoms with Crippen molar-refractivity contribution in [3.63, 3.8) is 0 Å². The van der Waals surface area contributed by atoms with Crippen molar-refractivity contribution in [1.29, 1.82) is 0 Å². The molecular weight excluding hydrogens is 452 g/mol. The maximum absolute atomic E-state index is 12.5. The van der Waals surface area contributed by atoms with Crippen molar-refractivity contribution in [2.24, 2.45) is 0 Å². The van der Waals surface area contributed by atoms with Crippen LogP contribution in [0.5, 0.6) is 0 Å². The third-order valence-electron chi connectivity index (χ3n) is 5.34. The van der Waals surface area contributed by atoms with E-state index in [1.807, 2.05) is 6.92 Å². The molecule has 9 nitrogen and oxygen atoms in total. The van der Waals surface area contributed by atoms with Crippen molar-refractivity contribution in [1.82, 2.24) is 10.3 Å². The Balaban J connectivity index is 1.86. The largest absolute Gasteiger partial charge is 0.453 e. The average Bonchev–Trinajstić information content (AvgIpc) is 2.86. The molecule has 0 atom stereocenters. The average molecular weight is 489 g/mol. The Morgan fingerprint density at radius 2 is 1.60 bits per heavy atom. The van der Waals surface area contributed by atoms with Gasteiger partial charge < -0.3 is 28.7 Å². The number of ether oxygens (including phenoxy) is 4. The van der Waals surface area contributed by atoms with Gasteiger partial charge in [0.05, 0.1) is 46.2 Å². The van der Waals surface area contributed by atoms with Crippen molar-refractivity contribution < 1.29 is 28.2 Å². The maximum Gasteiger partial charge on any atom is 0.224 e. The number of nitrogens with one attached hydrogen (secondary N) is 1. The minimum Gasteiger partial charge on any atom is -0.453 e. The molecular formula is C26H36N2O7. The van der Waals surface area contributed by atoms with E-state index >= 15 is 0 Å². The molecule has 2 rings (SSSR count). The van der Waals surface area contributed by atoms with Gasteiger partial charge in [-0.15, -0.1) is 0 Å². The minimum absolute atomic E-state index is 0.0643. The molecule has 0 saturated heterocycles. The van der Waals surface area contributed by atoms with Gasteiger partial charge in [0.15, 0.2) is 11.2 Å². The predicted octanol–water partition coefficient (Wildman–Crippen LogP) is 1.01. The molecule has 0 aromatic carbocycles. The predicted molar refractivity (Wildman–Crippen MR) is 134 cm³/mol. The van der Waals surface area contributed by atoms with E-state index in [0.717, 1.165) is 5.56 Å². The smallest absolute Gasteiger partial charge is 0.224 e. The summed E-state index contributed by atoms with van der Waals surface area (Å²) in [6.45, 7) is 12.8. The Bertz CT molecular complexity index is 1120. The number of hydrogen-bond acceptors (Lipinski definition) is 8. The summed E-state index contributed by atoms with van der Waals surface area (Å²) >= 11 is 0. The first kappa shape index (κ1) is 28.4. The van der Waals surface area contributed by atoms with Crippen molar-refractivity contribution >= 4 is 18.1 Å². The highest BCUT2D eigenvalue weighted by Crippen LogP contribution is 2.24. The number of amides is 1. The van der Waals surface area contributed by atoms with E-state index < -0.39 is 0 Å². The highest BCUT2D eigenvalue weighted by atomic mass is 16.6. The standard InChI is InChI=1S/C26H36N2O7/c1-6-7-21-22(35-26-20(4)25(30)19(3)18(2)24(26)28-21)8-9-23(29)27-10-11-32-14-15-34-17-16-33-13-12-31-5/h6-8H,1,9-17H2,2-5H3,(H,27,29)/b21-7+,22-8+. The van der Waals surface area contributed by atoms with Gasteiger partial charge in [-0.05, 0) is 38.5 Å². The van der Waals surface area contributed by atoms with Gasteiger partial charge in [0, 0.05) is 31.2 Å². The van der Waals surface area contributed by atoms with Crippen LogP contribution in [-0.2, 0) is 23.7 Å². The number of fused-ring (bicyclic) bond motifs is 1. The molecule has 35 heavy (non-hydrogen) atoms. The molecule has 0 fully saturated rings. The number of rotatable bonds is 15. The van der Waals surface area contributed by atoms with Crippen molar-refractivity contribution in [2.45, 2.75) is 27.2 Å². The molecule has 0 spiro atoms. The number of hydrogen-bond donors (Lipinski definition) is 1. The molecule has 0 saturated carbocycles. The highest BCUT2D eigenvalue weighted by molar-refractivity contribution is 5.80. The molecule has 0 aromatic heterocycles. The van der Waals surface area contributed by atoms with Gasteiger partial charge >= 0.3 is 0 Å². The number of benzene rings is 1. The lowest BCUT2D eigenvalue weighted by Crippen LogP contribution is -2.32. The molecule has 1 aliphatic carbocycles. The Morgan fingerprint density at radius 3 is 2.23 bits per heavy atom. The second-order valence-corrected chi connectivity index (χ2v) is 7.84. The van der Waals surface area contributed by atoms with Crippen LogP contribution < -0.4 is 21.5 Å². The van der Waals surface area contributed by atoms with Crippen LogP contribution in [0.2, 0.25) is 0 Å². The first-order chi connectivity index (χ1) is 16.9. The summed E-state index contributed by atoms with van der Waals surface area (Å²) in [4.78, 5) is 29.4. The summed E-state index contributed by atoms with van der Waals surface area (Å²) < 4.78 is 27.0. The number of carbonyl (C=O) groups excluding carboxylic acids is 1. The zero-order valence-electron chi connectivity index (χ0n) is 21.1. The molecule has 0 aromatic rings. The van der Waals surface area contributed by atoms with E-state index in [-0.39, 0.29) is 17.8 Å². The first-order valence-corrected chi connectivity index (χ1v) is 11.6. The highest BCUT2D eigenvalue weighted by Gasteiger charge is 2.19. The number of methoxy groups -OCH3 is 1. The number of carbonyl (C=O) groups is 1. The quantitative estimate of drug-likeness (QED) is 0.370. The molecule has 1 heterocycles. The fraction of sp³-hybridized carbons (Fsp3) is 0.500. The molecule has 192 valence electrons. The van der Waals surface area contributed by atoms with Gasteiger partial charge in [0.1, 0.15) is 16.5 Å². The zero-order valence-corrected chi connectivity index (χ0v) is 21.1. The van der Waals surface area contributed by atoms with Crippen LogP contribution in [0.25, 0.3) is 23.6 Å². The van der Waals surface area contributed by atoms with Gasteiger partial charge in [-0.2, -0.15) is 0 Å². The van der Waals surface area contributed by atoms with Crippen LogP contribution in [0.3, 0.4) is 0 Å². The molecule has 1 amide bonds. The maximum atomic E-state index is 12.5. The van der Waals surface area contributed by atoms with E-state index in [1.165, 1.54) is 0 Å². The Morgan fingerprint density at radius 1 is 0.971 bits per heavy atom. The Hall–Kier alpha value is -2.85. The van der Waals surface area contributed by atoms with E-state index in [2.05, 4.69) is 16.9 Å². The first-order valence-electron chi connectivity index (χ1n) is 11.6. The topological polar surface area (TPSA) is 109 Å². The monoisotopic (exact) mass is 488 g/mol. The third-order valence-corrected chi connectivity index (χ3v) is 5.34. The summed E-state index contributed by atoms with van der Waals surface area (Å²) in [6, 6.07) is 0. The Kier molecular flexibility index (Phi) is 12.3. The van der Waals surface area contributed by atoms with Gasteiger partial charge in [-0.3, -0.25) is 9.59 Å². The van der Waals surface area contributed by atoms with Crippen LogP contribution in [0.15, 0.2) is 21.9 Å². The Labute approximate surface area is 205 Å². The molecule has 0 bridgehead atoms. The normalized spacial score (nSPS) is 12.5. The SMILES string of the molecule is C=C/C=c1/nc2c(C)c(C)c(=O)c(C)c-2o/c1=C/CC(=O)NCCOCCOCCOCCOC. The van der Waals surface area contributed by atoms with E-state index in [9.17, 15) is 9.59 Å². The summed E-state index contributed by atoms with van der Waals surface area (Å²) in [7, 11) is 1.63. The minimum atomic E-state index is -0.181. The molecule has 9 heteroatoms. The number of nitrogens with zero attached hydrogens (tertiary/aromatic N) is 1.